The van der Waals surface area contributed by atoms with Crippen molar-refractivity contribution in [2.24, 2.45) is 0 Å². The number of rotatable bonds is 4. The lowest BCUT2D eigenvalue weighted by Gasteiger charge is -2.35. The summed E-state index contributed by atoms with van der Waals surface area (Å²) in [4.78, 5) is 31.1. The topological polar surface area (TPSA) is 53.1 Å². The molecule has 26 heavy (non-hydrogen) atoms. The zero-order valence-corrected chi connectivity index (χ0v) is 17.1. The Morgan fingerprint density at radius 2 is 1.69 bits per heavy atom. The van der Waals surface area contributed by atoms with Crippen LogP contribution in [0.25, 0.3) is 0 Å². The highest BCUT2D eigenvalue weighted by Crippen LogP contribution is 2.22. The number of carbonyl (C=O) groups excluding carboxylic acids is 2. The normalized spacial score (nSPS) is 20.5. The number of nitrogens with zero attached hydrogens (tertiary/aromatic N) is 3. The lowest BCUT2D eigenvalue weighted by atomic mass is 9.94. The largest absolute Gasteiger partial charge is 0.444 e. The molecular formula is C20H37N3O3. The molecule has 0 N–H and O–H groups in total. The molecule has 0 atom stereocenters. The van der Waals surface area contributed by atoms with E-state index in [1.807, 2.05) is 20.8 Å². The summed E-state index contributed by atoms with van der Waals surface area (Å²) in [6.07, 6.45) is 6.70. The maximum Gasteiger partial charge on any atom is 0.410 e. The van der Waals surface area contributed by atoms with Crippen LogP contribution in [0.5, 0.6) is 0 Å². The van der Waals surface area contributed by atoms with Crippen molar-refractivity contribution in [1.29, 1.82) is 0 Å². The summed E-state index contributed by atoms with van der Waals surface area (Å²) in [5.74, 6) is 0.241. The van der Waals surface area contributed by atoms with Gasteiger partial charge in [-0.3, -0.25) is 9.69 Å². The van der Waals surface area contributed by atoms with Crippen molar-refractivity contribution >= 4 is 12.0 Å². The van der Waals surface area contributed by atoms with Crippen LogP contribution < -0.4 is 0 Å². The van der Waals surface area contributed by atoms with Gasteiger partial charge in [-0.15, -0.1) is 0 Å². The fraction of sp³-hybridized carbons (Fsp3) is 0.900. The number of hydrogen-bond donors (Lipinski definition) is 0. The number of carbonyl (C=O) groups is 2. The summed E-state index contributed by atoms with van der Waals surface area (Å²) in [7, 11) is 0. The van der Waals surface area contributed by atoms with E-state index in [1.54, 1.807) is 4.90 Å². The van der Waals surface area contributed by atoms with E-state index in [4.69, 9.17) is 4.74 Å². The minimum atomic E-state index is -0.472. The predicted octanol–water partition coefficient (Wildman–Crippen LogP) is 3.11. The van der Waals surface area contributed by atoms with Crippen molar-refractivity contribution in [2.45, 2.75) is 77.9 Å². The third-order valence-electron chi connectivity index (χ3n) is 5.28. The minimum Gasteiger partial charge on any atom is -0.444 e. The first-order chi connectivity index (χ1) is 12.3. The van der Waals surface area contributed by atoms with E-state index < -0.39 is 5.60 Å². The van der Waals surface area contributed by atoms with Crippen LogP contribution in [0.1, 0.15) is 66.2 Å². The lowest BCUT2D eigenvalue weighted by molar-refractivity contribution is -0.135. The SMILES string of the molecule is CCN(C(=O)CN1CCCN(C(=O)OC(C)(C)C)CC1)C1CCCCC1. The molecule has 1 saturated carbocycles. The quantitative estimate of drug-likeness (QED) is 0.766. The third kappa shape index (κ3) is 6.45. The van der Waals surface area contributed by atoms with Gasteiger partial charge in [0.2, 0.25) is 5.91 Å². The van der Waals surface area contributed by atoms with Gasteiger partial charge in [0.15, 0.2) is 0 Å². The smallest absolute Gasteiger partial charge is 0.410 e. The molecule has 150 valence electrons. The molecule has 2 amide bonds. The fourth-order valence-electron chi connectivity index (χ4n) is 3.95. The van der Waals surface area contributed by atoms with Gasteiger partial charge in [-0.2, -0.15) is 0 Å². The van der Waals surface area contributed by atoms with Crippen molar-refractivity contribution in [2.75, 3.05) is 39.3 Å². The Balaban J connectivity index is 1.84. The zero-order chi connectivity index (χ0) is 19.2. The summed E-state index contributed by atoms with van der Waals surface area (Å²) in [5.41, 5.74) is -0.472. The van der Waals surface area contributed by atoms with Crippen LogP contribution in [0.3, 0.4) is 0 Å². The summed E-state index contributed by atoms with van der Waals surface area (Å²) < 4.78 is 5.48. The maximum atomic E-state index is 12.8. The molecule has 6 heteroatoms. The molecule has 0 unspecified atom stereocenters. The van der Waals surface area contributed by atoms with Crippen LogP contribution in [0.15, 0.2) is 0 Å². The molecule has 1 aliphatic heterocycles. The molecule has 0 aromatic heterocycles. The second-order valence-electron chi connectivity index (χ2n) is 8.57. The van der Waals surface area contributed by atoms with Gasteiger partial charge in [0.05, 0.1) is 6.54 Å². The second kappa shape index (κ2) is 9.58. The zero-order valence-electron chi connectivity index (χ0n) is 17.1. The third-order valence-corrected chi connectivity index (χ3v) is 5.28. The molecule has 6 nitrogen and oxygen atoms in total. The molecular weight excluding hydrogens is 330 g/mol. The predicted molar refractivity (Wildman–Crippen MR) is 103 cm³/mol. The van der Waals surface area contributed by atoms with Gasteiger partial charge >= 0.3 is 6.09 Å². The molecule has 0 spiro atoms. The van der Waals surface area contributed by atoms with Crippen LogP contribution in [-0.2, 0) is 9.53 Å². The molecule has 2 fully saturated rings. The van der Waals surface area contributed by atoms with Crippen LogP contribution in [0.2, 0.25) is 0 Å². The Hall–Kier alpha value is -1.30. The van der Waals surface area contributed by atoms with E-state index in [1.165, 1.54) is 19.3 Å². The van der Waals surface area contributed by atoms with Gasteiger partial charge in [-0.05, 0) is 47.0 Å². The average Bonchev–Trinajstić information content (AvgIpc) is 2.81. The van der Waals surface area contributed by atoms with Crippen LogP contribution >= 0.6 is 0 Å². The molecule has 2 rings (SSSR count). The maximum absolute atomic E-state index is 12.8. The van der Waals surface area contributed by atoms with E-state index in [-0.39, 0.29) is 12.0 Å². The van der Waals surface area contributed by atoms with E-state index >= 15 is 0 Å². The molecule has 2 aliphatic rings. The van der Waals surface area contributed by atoms with Gasteiger partial charge < -0.3 is 14.5 Å². The number of likely N-dealkylation sites (N-methyl/N-ethyl adjacent to an activating group) is 1. The van der Waals surface area contributed by atoms with Crippen molar-refractivity contribution in [3.63, 3.8) is 0 Å². The highest BCUT2D eigenvalue weighted by atomic mass is 16.6. The minimum absolute atomic E-state index is 0.241. The van der Waals surface area contributed by atoms with Crippen LogP contribution in [-0.4, -0.2) is 77.6 Å². The van der Waals surface area contributed by atoms with Gasteiger partial charge in [0, 0.05) is 38.8 Å². The number of hydrogen-bond acceptors (Lipinski definition) is 4. The molecule has 0 aromatic rings. The van der Waals surface area contributed by atoms with Crippen molar-refractivity contribution in [3.8, 4) is 0 Å². The lowest BCUT2D eigenvalue weighted by Crippen LogP contribution is -2.47. The first kappa shape index (κ1) is 21.0. The summed E-state index contributed by atoms with van der Waals surface area (Å²) in [6, 6.07) is 0.423. The summed E-state index contributed by atoms with van der Waals surface area (Å²) in [5, 5.41) is 0. The van der Waals surface area contributed by atoms with Crippen molar-refractivity contribution in [1.82, 2.24) is 14.7 Å². The van der Waals surface area contributed by atoms with Crippen molar-refractivity contribution < 1.29 is 14.3 Å². The van der Waals surface area contributed by atoms with Crippen LogP contribution in [0.4, 0.5) is 4.79 Å². The Morgan fingerprint density at radius 3 is 2.31 bits per heavy atom. The van der Waals surface area contributed by atoms with Crippen molar-refractivity contribution in [3.05, 3.63) is 0 Å². The molecule has 0 radical (unpaired) electrons. The van der Waals surface area contributed by atoms with Crippen LogP contribution in [0, 0.1) is 0 Å². The first-order valence-corrected chi connectivity index (χ1v) is 10.3. The van der Waals surface area contributed by atoms with Gasteiger partial charge in [-0.25, -0.2) is 4.79 Å². The van der Waals surface area contributed by atoms with E-state index in [0.29, 0.717) is 25.7 Å². The summed E-state index contributed by atoms with van der Waals surface area (Å²) in [6.45, 7) is 11.9. The monoisotopic (exact) mass is 367 g/mol. The van der Waals surface area contributed by atoms with E-state index in [9.17, 15) is 9.59 Å². The van der Waals surface area contributed by atoms with E-state index in [2.05, 4.69) is 16.7 Å². The standard InChI is InChI=1S/C20H37N3O3/c1-5-23(17-10-7-6-8-11-17)18(24)16-21-12-9-13-22(15-14-21)19(25)26-20(2,3)4/h17H,5-16H2,1-4H3. The average molecular weight is 368 g/mol. The molecule has 1 aliphatic carbocycles. The first-order valence-electron chi connectivity index (χ1n) is 10.3. The highest BCUT2D eigenvalue weighted by molar-refractivity contribution is 5.78. The Morgan fingerprint density at radius 1 is 1.00 bits per heavy atom. The van der Waals surface area contributed by atoms with Gasteiger partial charge in [0.1, 0.15) is 5.60 Å². The second-order valence-corrected chi connectivity index (χ2v) is 8.57. The summed E-state index contributed by atoms with van der Waals surface area (Å²) >= 11 is 0. The molecule has 0 aromatic carbocycles. The number of amides is 2. The van der Waals surface area contributed by atoms with Gasteiger partial charge in [0.25, 0.3) is 0 Å². The molecule has 1 heterocycles. The molecule has 0 bridgehead atoms. The van der Waals surface area contributed by atoms with E-state index in [0.717, 1.165) is 38.9 Å². The van der Waals surface area contributed by atoms with Gasteiger partial charge in [-0.1, -0.05) is 19.3 Å². The fourth-order valence-corrected chi connectivity index (χ4v) is 3.95. The molecule has 1 saturated heterocycles. The Bertz CT molecular complexity index is 469. The Kier molecular flexibility index (Phi) is 7.74. The Labute approximate surface area is 158 Å². The highest BCUT2D eigenvalue weighted by Gasteiger charge is 2.28. The number of ether oxygens (including phenoxy) is 1.